The summed E-state index contributed by atoms with van der Waals surface area (Å²) in [6.45, 7) is -0.0376. The Kier molecular flexibility index (Phi) is 5.42. The van der Waals surface area contributed by atoms with Gasteiger partial charge in [0.25, 0.3) is 0 Å². The number of hydrogen-bond donors (Lipinski definition) is 0. The lowest BCUT2D eigenvalue weighted by Crippen LogP contribution is -2.02. The Bertz CT molecular complexity index is 625. The maximum absolute atomic E-state index is 13.6. The maximum atomic E-state index is 13.6. The molecule has 0 bridgehead atoms. The van der Waals surface area contributed by atoms with E-state index in [0.717, 1.165) is 11.6 Å². The summed E-state index contributed by atoms with van der Waals surface area (Å²) in [4.78, 5) is 0. The summed E-state index contributed by atoms with van der Waals surface area (Å²) >= 11 is 9.32. The van der Waals surface area contributed by atoms with Gasteiger partial charge in [-0.05, 0) is 18.2 Å². The maximum Gasteiger partial charge on any atom is 0.165 e. The molecule has 0 aliphatic heterocycles. The summed E-state index contributed by atoms with van der Waals surface area (Å²) in [6, 6.07) is 6.70. The van der Waals surface area contributed by atoms with E-state index in [4.69, 9.17) is 21.1 Å². The Balaban J connectivity index is 2.26. The number of hydrogen-bond acceptors (Lipinski definition) is 2. The van der Waals surface area contributed by atoms with Gasteiger partial charge in [0.15, 0.2) is 11.5 Å². The highest BCUT2D eigenvalue weighted by molar-refractivity contribution is 9.08. The third-order valence-electron chi connectivity index (χ3n) is 2.85. The molecule has 2 nitrogen and oxygen atoms in total. The molecular formula is C15H12BrClF2O2. The molecule has 0 heterocycles. The SMILES string of the molecule is COc1cc(Cl)cc(CBr)c1OCc1ccc(F)cc1F. The van der Waals surface area contributed by atoms with Gasteiger partial charge in [-0.2, -0.15) is 0 Å². The highest BCUT2D eigenvalue weighted by atomic mass is 79.9. The first-order valence-electron chi connectivity index (χ1n) is 6.04. The van der Waals surface area contributed by atoms with Gasteiger partial charge < -0.3 is 9.47 Å². The summed E-state index contributed by atoms with van der Waals surface area (Å²) in [6.07, 6.45) is 0. The van der Waals surface area contributed by atoms with Gasteiger partial charge in [0, 0.05) is 33.6 Å². The highest BCUT2D eigenvalue weighted by Gasteiger charge is 2.13. The van der Waals surface area contributed by atoms with E-state index < -0.39 is 11.6 Å². The van der Waals surface area contributed by atoms with E-state index in [-0.39, 0.29) is 12.2 Å². The third kappa shape index (κ3) is 3.86. The summed E-state index contributed by atoms with van der Waals surface area (Å²) in [5, 5.41) is 1.02. The molecule has 2 rings (SSSR count). The number of rotatable bonds is 5. The molecule has 0 spiro atoms. The summed E-state index contributed by atoms with van der Waals surface area (Å²) in [5.74, 6) is -0.341. The average molecular weight is 378 g/mol. The first-order chi connectivity index (χ1) is 10.0. The zero-order chi connectivity index (χ0) is 15.4. The van der Waals surface area contributed by atoms with Crippen LogP contribution < -0.4 is 9.47 Å². The van der Waals surface area contributed by atoms with Crippen molar-refractivity contribution in [3.8, 4) is 11.5 Å². The molecule has 6 heteroatoms. The molecule has 0 fully saturated rings. The van der Waals surface area contributed by atoms with Crippen LogP contribution >= 0.6 is 27.5 Å². The Morgan fingerprint density at radius 1 is 1.14 bits per heavy atom. The molecule has 0 amide bonds. The van der Waals surface area contributed by atoms with Gasteiger partial charge >= 0.3 is 0 Å². The second-order valence-electron chi connectivity index (χ2n) is 4.25. The molecule has 0 saturated heterocycles. The van der Waals surface area contributed by atoms with Crippen LogP contribution in [-0.4, -0.2) is 7.11 Å². The largest absolute Gasteiger partial charge is 0.493 e. The second-order valence-corrected chi connectivity index (χ2v) is 5.25. The first-order valence-corrected chi connectivity index (χ1v) is 7.54. The number of alkyl halides is 1. The lowest BCUT2D eigenvalue weighted by molar-refractivity contribution is 0.277. The molecular weight excluding hydrogens is 366 g/mol. The molecule has 0 unspecified atom stereocenters. The molecule has 112 valence electrons. The molecule has 0 aromatic heterocycles. The van der Waals surface area contributed by atoms with Crippen molar-refractivity contribution in [3.05, 3.63) is 58.1 Å². The van der Waals surface area contributed by atoms with Gasteiger partial charge in [0.2, 0.25) is 0 Å². The van der Waals surface area contributed by atoms with Crippen LogP contribution in [0.3, 0.4) is 0 Å². The standard InChI is InChI=1S/C15H12BrClF2O2/c1-20-14-5-11(17)4-10(7-16)15(14)21-8-9-2-3-12(18)6-13(9)19/h2-6H,7-8H2,1H3. The second kappa shape index (κ2) is 7.09. The quantitative estimate of drug-likeness (QED) is 0.675. The minimum Gasteiger partial charge on any atom is -0.493 e. The van der Waals surface area contributed by atoms with Crippen molar-refractivity contribution in [2.75, 3.05) is 7.11 Å². The van der Waals surface area contributed by atoms with Crippen LogP contribution in [0.1, 0.15) is 11.1 Å². The van der Waals surface area contributed by atoms with Crippen LogP contribution in [0, 0.1) is 11.6 Å². The van der Waals surface area contributed by atoms with E-state index in [9.17, 15) is 8.78 Å². The Labute approximate surface area is 134 Å². The van der Waals surface area contributed by atoms with E-state index >= 15 is 0 Å². The van der Waals surface area contributed by atoms with E-state index in [2.05, 4.69) is 15.9 Å². The van der Waals surface area contributed by atoms with Gasteiger partial charge in [0.05, 0.1) is 7.11 Å². The van der Waals surface area contributed by atoms with Gasteiger partial charge in [-0.3, -0.25) is 0 Å². The Morgan fingerprint density at radius 2 is 1.90 bits per heavy atom. The van der Waals surface area contributed by atoms with Gasteiger partial charge in [-0.15, -0.1) is 0 Å². The predicted octanol–water partition coefficient (Wildman–Crippen LogP) is 5.10. The molecule has 2 aromatic carbocycles. The highest BCUT2D eigenvalue weighted by Crippen LogP contribution is 2.36. The predicted molar refractivity (Wildman–Crippen MR) is 81.3 cm³/mol. The lowest BCUT2D eigenvalue weighted by atomic mass is 10.2. The van der Waals surface area contributed by atoms with Crippen molar-refractivity contribution < 1.29 is 18.3 Å². The smallest absolute Gasteiger partial charge is 0.165 e. The van der Waals surface area contributed by atoms with Crippen LogP contribution in [0.4, 0.5) is 8.78 Å². The monoisotopic (exact) mass is 376 g/mol. The van der Waals surface area contributed by atoms with Crippen molar-refractivity contribution in [1.29, 1.82) is 0 Å². The van der Waals surface area contributed by atoms with Crippen LogP contribution in [0.15, 0.2) is 30.3 Å². The zero-order valence-electron chi connectivity index (χ0n) is 11.1. The molecule has 2 aromatic rings. The number of halogens is 4. The van der Waals surface area contributed by atoms with E-state index in [1.54, 1.807) is 12.1 Å². The van der Waals surface area contributed by atoms with Crippen molar-refractivity contribution in [2.45, 2.75) is 11.9 Å². The molecule has 0 N–H and O–H groups in total. The van der Waals surface area contributed by atoms with Crippen LogP contribution in [0.25, 0.3) is 0 Å². The molecule has 0 saturated carbocycles. The fourth-order valence-corrected chi connectivity index (χ4v) is 2.47. The van der Waals surface area contributed by atoms with Crippen LogP contribution in [0.2, 0.25) is 5.02 Å². The lowest BCUT2D eigenvalue weighted by Gasteiger charge is -2.15. The van der Waals surface area contributed by atoms with E-state index in [1.807, 2.05) is 0 Å². The fourth-order valence-electron chi connectivity index (χ4n) is 1.83. The Hall–Kier alpha value is -1.33. The summed E-state index contributed by atoms with van der Waals surface area (Å²) in [5.41, 5.74) is 1.04. The number of methoxy groups -OCH3 is 1. The molecule has 0 aliphatic carbocycles. The number of benzene rings is 2. The zero-order valence-corrected chi connectivity index (χ0v) is 13.5. The summed E-state index contributed by atoms with van der Waals surface area (Å²) in [7, 11) is 1.50. The van der Waals surface area contributed by atoms with Gasteiger partial charge in [0.1, 0.15) is 18.2 Å². The Morgan fingerprint density at radius 3 is 2.52 bits per heavy atom. The van der Waals surface area contributed by atoms with Crippen molar-refractivity contribution in [1.82, 2.24) is 0 Å². The normalized spacial score (nSPS) is 10.5. The molecule has 0 radical (unpaired) electrons. The number of ether oxygens (including phenoxy) is 2. The van der Waals surface area contributed by atoms with Gasteiger partial charge in [-0.25, -0.2) is 8.78 Å². The van der Waals surface area contributed by atoms with E-state index in [1.165, 1.54) is 19.2 Å². The average Bonchev–Trinajstić information content (AvgIpc) is 2.46. The van der Waals surface area contributed by atoms with Crippen molar-refractivity contribution in [2.24, 2.45) is 0 Å². The van der Waals surface area contributed by atoms with Crippen LogP contribution in [-0.2, 0) is 11.9 Å². The minimum atomic E-state index is -0.650. The van der Waals surface area contributed by atoms with Crippen molar-refractivity contribution in [3.63, 3.8) is 0 Å². The first kappa shape index (κ1) is 16.0. The molecule has 0 aliphatic rings. The van der Waals surface area contributed by atoms with Gasteiger partial charge in [-0.1, -0.05) is 27.5 Å². The summed E-state index contributed by atoms with van der Waals surface area (Å²) < 4.78 is 37.3. The third-order valence-corrected chi connectivity index (χ3v) is 3.67. The molecule has 21 heavy (non-hydrogen) atoms. The van der Waals surface area contributed by atoms with E-state index in [0.29, 0.717) is 21.9 Å². The molecule has 0 atom stereocenters. The topological polar surface area (TPSA) is 18.5 Å². The van der Waals surface area contributed by atoms with Crippen LogP contribution in [0.5, 0.6) is 11.5 Å². The fraction of sp³-hybridized carbons (Fsp3) is 0.200. The minimum absolute atomic E-state index is 0.0376. The van der Waals surface area contributed by atoms with Crippen molar-refractivity contribution >= 4 is 27.5 Å².